The van der Waals surface area contributed by atoms with Crippen LogP contribution < -0.4 is 4.74 Å². The lowest BCUT2D eigenvalue weighted by Gasteiger charge is -2.09. The summed E-state index contributed by atoms with van der Waals surface area (Å²) in [6.45, 7) is -1.12. The molecule has 5 nitrogen and oxygen atoms in total. The first-order chi connectivity index (χ1) is 12.3. The predicted octanol–water partition coefficient (Wildman–Crippen LogP) is 4.52. The maximum absolute atomic E-state index is 12.8. The van der Waals surface area contributed by atoms with Crippen LogP contribution in [0.4, 0.5) is 22.0 Å². The summed E-state index contributed by atoms with van der Waals surface area (Å²) in [6.07, 6.45) is -0.984. The van der Waals surface area contributed by atoms with Gasteiger partial charge in [0.25, 0.3) is 0 Å². The van der Waals surface area contributed by atoms with E-state index in [4.69, 9.17) is 0 Å². The number of hydrogen-bond acceptors (Lipinski definition) is 5. The first-order valence-corrected chi connectivity index (χ1v) is 8.26. The molecule has 138 valence electrons. The number of nitrogens with zero attached hydrogens (tertiary/aromatic N) is 4. The van der Waals surface area contributed by atoms with Crippen molar-refractivity contribution < 1.29 is 26.7 Å². The molecule has 0 aliphatic heterocycles. The van der Waals surface area contributed by atoms with Gasteiger partial charge in [0.2, 0.25) is 0 Å². The van der Waals surface area contributed by atoms with Crippen LogP contribution in [-0.4, -0.2) is 31.7 Å². The van der Waals surface area contributed by atoms with Crippen LogP contribution in [0.1, 0.15) is 12.6 Å². The van der Waals surface area contributed by atoms with Gasteiger partial charge in [0.15, 0.2) is 0 Å². The van der Waals surface area contributed by atoms with Crippen LogP contribution in [0.2, 0.25) is 0 Å². The maximum Gasteiger partial charge on any atom is 0.433 e. The van der Waals surface area contributed by atoms with Gasteiger partial charge >= 0.3 is 12.8 Å². The van der Waals surface area contributed by atoms with Crippen LogP contribution in [0, 0.1) is 0 Å². The molecular weight excluding hydrogens is 379 g/mol. The van der Waals surface area contributed by atoms with Crippen LogP contribution >= 0.6 is 11.8 Å². The fourth-order valence-corrected chi connectivity index (χ4v) is 3.02. The highest BCUT2D eigenvalue weighted by Crippen LogP contribution is 2.33. The molecule has 0 atom stereocenters. The van der Waals surface area contributed by atoms with E-state index in [2.05, 4.69) is 19.7 Å². The molecule has 26 heavy (non-hydrogen) atoms. The van der Waals surface area contributed by atoms with E-state index < -0.39 is 18.5 Å². The lowest BCUT2D eigenvalue weighted by molar-refractivity contribution is -0.141. The number of ether oxygens (including phenoxy) is 1. The molecule has 11 heteroatoms. The summed E-state index contributed by atoms with van der Waals surface area (Å²) in [6, 6.07) is 2.22. The average Bonchev–Trinajstić information content (AvgIpc) is 2.96. The highest BCUT2D eigenvalue weighted by atomic mass is 32.2. The minimum atomic E-state index is -4.58. The van der Waals surface area contributed by atoms with Gasteiger partial charge in [-0.05, 0) is 11.8 Å². The van der Waals surface area contributed by atoms with Crippen LogP contribution in [0.3, 0.4) is 0 Å². The Balaban J connectivity index is 2.04. The summed E-state index contributed by atoms with van der Waals surface area (Å²) in [5.41, 5.74) is -0.357. The number of pyridine rings is 1. The number of halogens is 5. The highest BCUT2D eigenvalue weighted by molar-refractivity contribution is 7.99. The largest absolute Gasteiger partial charge is 0.433 e. The molecule has 0 bridgehead atoms. The van der Waals surface area contributed by atoms with E-state index in [0.717, 1.165) is 18.6 Å². The van der Waals surface area contributed by atoms with Crippen molar-refractivity contribution >= 4 is 17.4 Å². The van der Waals surface area contributed by atoms with Gasteiger partial charge in [-0.1, -0.05) is 6.92 Å². The second kappa shape index (κ2) is 7.06. The SMILES string of the molecule is CCSc1cc(OC(F)F)cnc1-c1cn2cnc(C(F)(F)F)cc2n1. The zero-order valence-electron chi connectivity index (χ0n) is 13.2. The third-order valence-corrected chi connectivity index (χ3v) is 4.14. The van der Waals surface area contributed by atoms with Gasteiger partial charge in [0.05, 0.1) is 6.20 Å². The zero-order chi connectivity index (χ0) is 18.9. The van der Waals surface area contributed by atoms with Crippen LogP contribution in [0.25, 0.3) is 17.0 Å². The van der Waals surface area contributed by atoms with Crippen molar-refractivity contribution in [3.05, 3.63) is 36.5 Å². The molecule has 0 spiro atoms. The fourth-order valence-electron chi connectivity index (χ4n) is 2.21. The molecule has 0 aromatic carbocycles. The van der Waals surface area contributed by atoms with Gasteiger partial charge in [-0.3, -0.25) is 4.40 Å². The lowest BCUT2D eigenvalue weighted by Crippen LogP contribution is -2.08. The van der Waals surface area contributed by atoms with E-state index in [1.54, 1.807) is 0 Å². The molecule has 0 aliphatic carbocycles. The molecule has 3 aromatic heterocycles. The van der Waals surface area contributed by atoms with E-state index in [1.165, 1.54) is 28.4 Å². The summed E-state index contributed by atoms with van der Waals surface area (Å²) >= 11 is 1.32. The van der Waals surface area contributed by atoms with Crippen molar-refractivity contribution in [1.82, 2.24) is 19.4 Å². The van der Waals surface area contributed by atoms with E-state index in [1.807, 2.05) is 6.92 Å². The van der Waals surface area contributed by atoms with E-state index in [-0.39, 0.29) is 11.4 Å². The number of fused-ring (bicyclic) bond motifs is 1. The normalized spacial score (nSPS) is 12.1. The zero-order valence-corrected chi connectivity index (χ0v) is 14.0. The average molecular weight is 390 g/mol. The smallest absolute Gasteiger partial charge is 0.433 e. The molecule has 3 rings (SSSR count). The van der Waals surface area contributed by atoms with Crippen LogP contribution in [0.5, 0.6) is 5.75 Å². The van der Waals surface area contributed by atoms with E-state index in [0.29, 0.717) is 22.0 Å². The Kier molecular flexibility index (Phi) is 4.99. The minimum absolute atomic E-state index is 0.0458. The lowest BCUT2D eigenvalue weighted by atomic mass is 10.3. The quantitative estimate of drug-likeness (QED) is 0.474. The number of thioether (sulfide) groups is 1. The first-order valence-electron chi connectivity index (χ1n) is 7.28. The van der Waals surface area contributed by atoms with Crippen LogP contribution in [-0.2, 0) is 6.18 Å². The Morgan fingerprint density at radius 3 is 2.65 bits per heavy atom. The predicted molar refractivity (Wildman–Crippen MR) is 84.3 cm³/mol. The van der Waals surface area contributed by atoms with Gasteiger partial charge in [0.1, 0.15) is 34.8 Å². The number of imidazole rings is 1. The number of hydrogen-bond donors (Lipinski definition) is 0. The van der Waals surface area contributed by atoms with E-state index in [9.17, 15) is 22.0 Å². The summed E-state index contributed by atoms with van der Waals surface area (Å²) in [5.74, 6) is 0.518. The van der Waals surface area contributed by atoms with E-state index >= 15 is 0 Å². The van der Waals surface area contributed by atoms with Crippen molar-refractivity contribution in [2.75, 3.05) is 5.75 Å². The van der Waals surface area contributed by atoms with Crippen molar-refractivity contribution in [2.24, 2.45) is 0 Å². The van der Waals surface area contributed by atoms with Crippen molar-refractivity contribution in [1.29, 1.82) is 0 Å². The molecule has 0 saturated heterocycles. The minimum Gasteiger partial charge on any atom is -0.433 e. The Morgan fingerprint density at radius 2 is 2.00 bits per heavy atom. The number of aromatic nitrogens is 4. The topological polar surface area (TPSA) is 52.3 Å². The fraction of sp³-hybridized carbons (Fsp3) is 0.267. The second-order valence-corrected chi connectivity index (χ2v) is 6.30. The molecule has 0 radical (unpaired) electrons. The highest BCUT2D eigenvalue weighted by Gasteiger charge is 2.33. The third kappa shape index (κ3) is 3.87. The van der Waals surface area contributed by atoms with Gasteiger partial charge in [0, 0.05) is 17.2 Å². The Hall–Kier alpha value is -2.43. The van der Waals surface area contributed by atoms with Crippen molar-refractivity contribution in [3.8, 4) is 17.1 Å². The van der Waals surface area contributed by atoms with Crippen molar-refractivity contribution in [3.63, 3.8) is 0 Å². The van der Waals surface area contributed by atoms with Crippen LogP contribution in [0.15, 0.2) is 35.7 Å². The van der Waals surface area contributed by atoms with Gasteiger partial charge in [-0.15, -0.1) is 11.8 Å². The molecule has 3 aromatic rings. The first kappa shape index (κ1) is 18.4. The summed E-state index contributed by atoms with van der Waals surface area (Å²) in [5, 5.41) is 0. The molecule has 0 saturated carbocycles. The standard InChI is InChI=1S/C15H11F5N4OS/c1-2-26-10-3-8(25-14(16)17)5-21-13(10)9-6-24-7-22-11(15(18,19)20)4-12(24)23-9/h3-7,14H,2H2,1H3. The summed E-state index contributed by atoms with van der Waals surface area (Å²) < 4.78 is 68.7. The second-order valence-electron chi connectivity index (χ2n) is 4.99. The Labute approximate surface area is 148 Å². The molecule has 0 fully saturated rings. The molecule has 0 amide bonds. The van der Waals surface area contributed by atoms with Gasteiger partial charge < -0.3 is 4.74 Å². The van der Waals surface area contributed by atoms with Gasteiger partial charge in [-0.25, -0.2) is 15.0 Å². The monoisotopic (exact) mass is 390 g/mol. The molecule has 3 heterocycles. The summed E-state index contributed by atoms with van der Waals surface area (Å²) in [4.78, 5) is 12.1. The third-order valence-electron chi connectivity index (χ3n) is 3.23. The maximum atomic E-state index is 12.8. The summed E-state index contributed by atoms with van der Waals surface area (Å²) in [7, 11) is 0. The molecular formula is C15H11F5N4OS. The Bertz CT molecular complexity index is 928. The number of rotatable bonds is 5. The van der Waals surface area contributed by atoms with Gasteiger partial charge in [-0.2, -0.15) is 22.0 Å². The molecule has 0 N–H and O–H groups in total. The molecule has 0 aliphatic rings. The Morgan fingerprint density at radius 1 is 1.23 bits per heavy atom. The molecule has 0 unspecified atom stereocenters. The number of alkyl halides is 5. The van der Waals surface area contributed by atoms with Crippen molar-refractivity contribution in [2.45, 2.75) is 24.6 Å².